The zero-order valence-corrected chi connectivity index (χ0v) is 18.7. The molecule has 0 spiro atoms. The summed E-state index contributed by atoms with van der Waals surface area (Å²) in [6.07, 6.45) is 0. The van der Waals surface area contributed by atoms with E-state index >= 15 is 0 Å². The van der Waals surface area contributed by atoms with Crippen LogP contribution in [-0.2, 0) is 4.79 Å². The number of allylic oxidation sites excluding steroid dienone is 1. The molecule has 1 atom stereocenters. The number of carbonyl (C=O) groups is 1. The Morgan fingerprint density at radius 1 is 0.939 bits per heavy atom. The monoisotopic (exact) mass is 441 g/mol. The number of benzene rings is 3. The molecule has 7 heteroatoms. The molecule has 0 saturated heterocycles. The third-order valence-corrected chi connectivity index (χ3v) is 5.90. The van der Waals surface area contributed by atoms with E-state index in [1.807, 2.05) is 79.7 Å². The number of ether oxygens (including phenoxy) is 2. The van der Waals surface area contributed by atoms with Crippen molar-refractivity contribution >= 4 is 28.6 Å². The first-order chi connectivity index (χ1) is 16.1. The van der Waals surface area contributed by atoms with Gasteiger partial charge in [0, 0.05) is 5.69 Å². The van der Waals surface area contributed by atoms with Gasteiger partial charge >= 0.3 is 5.95 Å². The minimum atomic E-state index is -0.388. The van der Waals surface area contributed by atoms with Crippen molar-refractivity contribution in [1.82, 2.24) is 4.98 Å². The third-order valence-electron chi connectivity index (χ3n) is 5.90. The van der Waals surface area contributed by atoms with Crippen molar-refractivity contribution in [2.75, 3.05) is 24.9 Å². The zero-order valence-electron chi connectivity index (χ0n) is 18.7. The number of amides is 1. The van der Waals surface area contributed by atoms with E-state index in [4.69, 9.17) is 9.47 Å². The maximum absolute atomic E-state index is 13.6. The van der Waals surface area contributed by atoms with Gasteiger partial charge in [-0.1, -0.05) is 36.4 Å². The first-order valence-electron chi connectivity index (χ1n) is 10.7. The van der Waals surface area contributed by atoms with Crippen LogP contribution in [-0.4, -0.2) is 25.1 Å². The Morgan fingerprint density at radius 3 is 2.42 bits per heavy atom. The van der Waals surface area contributed by atoms with Crippen molar-refractivity contribution in [2.24, 2.45) is 0 Å². The molecular formula is C26H25N4O3+. The molecule has 1 unspecified atom stereocenters. The van der Waals surface area contributed by atoms with E-state index in [2.05, 4.69) is 20.2 Å². The SMILES string of the molecule is COc1ccc(C2C(C(=O)Nc3ccccc3)=C(C)Nc3[nH]c4ccccc4[n+]32)cc1OC. The van der Waals surface area contributed by atoms with Crippen LogP contribution in [0.4, 0.5) is 11.6 Å². The van der Waals surface area contributed by atoms with Gasteiger partial charge < -0.3 is 14.8 Å². The predicted octanol–water partition coefficient (Wildman–Crippen LogP) is 4.40. The lowest BCUT2D eigenvalue weighted by Crippen LogP contribution is -2.48. The highest BCUT2D eigenvalue weighted by molar-refractivity contribution is 6.05. The van der Waals surface area contributed by atoms with Crippen LogP contribution < -0.4 is 24.7 Å². The molecule has 0 radical (unpaired) electrons. The molecule has 2 heterocycles. The fraction of sp³-hybridized carbons (Fsp3) is 0.154. The molecule has 3 N–H and O–H groups in total. The molecule has 5 rings (SSSR count). The van der Waals surface area contributed by atoms with E-state index in [9.17, 15) is 4.79 Å². The summed E-state index contributed by atoms with van der Waals surface area (Å²) in [4.78, 5) is 17.1. The van der Waals surface area contributed by atoms with Crippen LogP contribution in [0, 0.1) is 0 Å². The highest BCUT2D eigenvalue weighted by Crippen LogP contribution is 2.37. The highest BCUT2D eigenvalue weighted by atomic mass is 16.5. The topological polar surface area (TPSA) is 79.3 Å². The maximum Gasteiger partial charge on any atom is 0.361 e. The van der Waals surface area contributed by atoms with Crippen LogP contribution in [0.2, 0.25) is 0 Å². The van der Waals surface area contributed by atoms with Crippen LogP contribution in [0.5, 0.6) is 11.5 Å². The molecule has 0 bridgehead atoms. The van der Waals surface area contributed by atoms with Crippen molar-refractivity contribution < 1.29 is 18.8 Å². The number of anilines is 2. The molecule has 1 aliphatic rings. The largest absolute Gasteiger partial charge is 0.493 e. The number of imidazole rings is 1. The zero-order chi connectivity index (χ0) is 22.9. The number of methoxy groups -OCH3 is 2. The van der Waals surface area contributed by atoms with Crippen molar-refractivity contribution in [1.29, 1.82) is 0 Å². The van der Waals surface area contributed by atoms with Gasteiger partial charge in [0.15, 0.2) is 11.5 Å². The molecule has 0 saturated carbocycles. The van der Waals surface area contributed by atoms with E-state index in [0.29, 0.717) is 17.1 Å². The number of aromatic nitrogens is 2. The first kappa shape index (κ1) is 20.6. The average Bonchev–Trinajstić information content (AvgIpc) is 3.21. The Kier molecular flexibility index (Phi) is 5.22. The van der Waals surface area contributed by atoms with Gasteiger partial charge in [-0.15, -0.1) is 0 Å². The van der Waals surface area contributed by atoms with Crippen molar-refractivity contribution in [2.45, 2.75) is 13.0 Å². The molecule has 1 aliphatic heterocycles. The molecule has 166 valence electrons. The molecule has 0 aliphatic carbocycles. The van der Waals surface area contributed by atoms with E-state index in [1.54, 1.807) is 14.2 Å². The van der Waals surface area contributed by atoms with Gasteiger partial charge in [0.05, 0.1) is 25.5 Å². The quantitative estimate of drug-likeness (QED) is 0.401. The van der Waals surface area contributed by atoms with Gasteiger partial charge in [-0.25, -0.2) is 14.9 Å². The number of hydrogen-bond donors (Lipinski definition) is 3. The summed E-state index contributed by atoms with van der Waals surface area (Å²) in [6, 6.07) is 22.9. The van der Waals surface area contributed by atoms with E-state index < -0.39 is 0 Å². The smallest absolute Gasteiger partial charge is 0.361 e. The Balaban J connectivity index is 1.69. The van der Waals surface area contributed by atoms with Gasteiger partial charge in [0.1, 0.15) is 17.1 Å². The molecular weight excluding hydrogens is 416 g/mol. The summed E-state index contributed by atoms with van der Waals surface area (Å²) < 4.78 is 13.1. The third kappa shape index (κ3) is 3.57. The number of nitrogens with zero attached hydrogens (tertiary/aromatic N) is 1. The van der Waals surface area contributed by atoms with Gasteiger partial charge in [0.25, 0.3) is 5.91 Å². The predicted molar refractivity (Wildman–Crippen MR) is 128 cm³/mol. The lowest BCUT2D eigenvalue weighted by Gasteiger charge is -2.26. The number of carbonyl (C=O) groups excluding carboxylic acids is 1. The number of hydrogen-bond acceptors (Lipinski definition) is 4. The molecule has 1 aromatic heterocycles. The molecule has 0 fully saturated rings. The minimum absolute atomic E-state index is 0.172. The number of nitrogens with one attached hydrogen (secondary N) is 3. The summed E-state index contributed by atoms with van der Waals surface area (Å²) in [5, 5.41) is 6.43. The first-order valence-corrected chi connectivity index (χ1v) is 10.7. The lowest BCUT2D eigenvalue weighted by atomic mass is 9.94. The molecule has 3 aromatic carbocycles. The van der Waals surface area contributed by atoms with E-state index in [1.165, 1.54) is 0 Å². The second-order valence-corrected chi connectivity index (χ2v) is 7.86. The summed E-state index contributed by atoms with van der Waals surface area (Å²) in [5.74, 6) is 1.88. The molecule has 1 amide bonds. The van der Waals surface area contributed by atoms with Crippen LogP contribution in [0.3, 0.4) is 0 Å². The molecule has 33 heavy (non-hydrogen) atoms. The van der Waals surface area contributed by atoms with Crippen LogP contribution in [0.25, 0.3) is 11.0 Å². The highest BCUT2D eigenvalue weighted by Gasteiger charge is 2.39. The van der Waals surface area contributed by atoms with Crippen molar-refractivity contribution in [3.63, 3.8) is 0 Å². The van der Waals surface area contributed by atoms with E-state index in [0.717, 1.165) is 33.9 Å². The number of aromatic amines is 1. The van der Waals surface area contributed by atoms with Crippen molar-refractivity contribution in [3.05, 3.63) is 89.6 Å². The summed E-state index contributed by atoms with van der Waals surface area (Å²) >= 11 is 0. The Morgan fingerprint density at radius 2 is 1.67 bits per heavy atom. The fourth-order valence-corrected chi connectivity index (χ4v) is 4.39. The van der Waals surface area contributed by atoms with Gasteiger partial charge in [-0.3, -0.25) is 4.79 Å². The second-order valence-electron chi connectivity index (χ2n) is 7.86. The van der Waals surface area contributed by atoms with Crippen LogP contribution in [0.15, 0.2) is 84.1 Å². The molecule has 4 aromatic rings. The van der Waals surface area contributed by atoms with Gasteiger partial charge in [0.2, 0.25) is 0 Å². The normalized spacial score (nSPS) is 15.1. The Hall–Kier alpha value is -4.26. The van der Waals surface area contributed by atoms with E-state index in [-0.39, 0.29) is 11.9 Å². The summed E-state index contributed by atoms with van der Waals surface area (Å²) in [5.41, 5.74) is 5.00. The summed E-state index contributed by atoms with van der Waals surface area (Å²) in [7, 11) is 3.22. The van der Waals surface area contributed by atoms with Crippen molar-refractivity contribution in [3.8, 4) is 11.5 Å². The Bertz CT molecular complexity index is 1380. The van der Waals surface area contributed by atoms with Crippen LogP contribution in [0.1, 0.15) is 18.5 Å². The van der Waals surface area contributed by atoms with Gasteiger partial charge in [-0.2, -0.15) is 0 Å². The summed E-state index contributed by atoms with van der Waals surface area (Å²) in [6.45, 7) is 1.92. The van der Waals surface area contributed by atoms with Crippen LogP contribution >= 0.6 is 0 Å². The maximum atomic E-state index is 13.6. The Labute approximate surface area is 191 Å². The second kappa shape index (κ2) is 8.35. The lowest BCUT2D eigenvalue weighted by molar-refractivity contribution is -0.666. The average molecular weight is 442 g/mol. The standard InChI is InChI=1S/C26H24N4O3/c1-16-23(25(31)28-18-9-5-4-6-10-18)24(17-13-14-21(32-2)22(15-17)33-3)30-20-12-8-7-11-19(20)29-26(30)27-16/h4-15,24H,1-3H3,(H2,27,28,29,31)/p+1. The number of H-pyrrole nitrogens is 1. The fourth-order valence-electron chi connectivity index (χ4n) is 4.39. The molecule has 7 nitrogen and oxygen atoms in total. The number of para-hydroxylation sites is 3. The van der Waals surface area contributed by atoms with Gasteiger partial charge in [-0.05, 0) is 48.9 Å². The minimum Gasteiger partial charge on any atom is -0.493 e. The number of rotatable bonds is 5. The number of fused-ring (bicyclic) bond motifs is 3.